The lowest BCUT2D eigenvalue weighted by atomic mass is 9.95. The molecule has 0 bridgehead atoms. The van der Waals surface area contributed by atoms with Crippen LogP contribution in [0, 0.1) is 12.8 Å². The van der Waals surface area contributed by atoms with Crippen molar-refractivity contribution in [3.05, 3.63) is 18.0 Å². The summed E-state index contributed by atoms with van der Waals surface area (Å²) in [6.07, 6.45) is 9.07. The minimum absolute atomic E-state index is 0.526. The zero-order valence-electron chi connectivity index (χ0n) is 16.3. The Hall–Kier alpha value is -1.66. The van der Waals surface area contributed by atoms with Crippen molar-refractivity contribution >= 4 is 11.0 Å². The Morgan fingerprint density at radius 2 is 1.85 bits per heavy atom. The predicted molar refractivity (Wildman–Crippen MR) is 104 cm³/mol. The van der Waals surface area contributed by atoms with Crippen molar-refractivity contribution in [1.29, 1.82) is 0 Å². The minimum atomic E-state index is 0.526. The van der Waals surface area contributed by atoms with E-state index in [-0.39, 0.29) is 0 Å². The van der Waals surface area contributed by atoms with E-state index in [1.807, 2.05) is 0 Å². The number of likely N-dealkylation sites (tertiary alicyclic amines) is 2. The number of fused-ring (bicyclic) bond motifs is 1. The highest BCUT2D eigenvalue weighted by Crippen LogP contribution is 2.33. The van der Waals surface area contributed by atoms with Crippen molar-refractivity contribution in [2.24, 2.45) is 5.92 Å². The summed E-state index contributed by atoms with van der Waals surface area (Å²) in [5.41, 5.74) is 3.26. The van der Waals surface area contributed by atoms with E-state index in [0.717, 1.165) is 22.7 Å². The van der Waals surface area contributed by atoms with Crippen LogP contribution in [0.2, 0.25) is 0 Å². The van der Waals surface area contributed by atoms with E-state index >= 15 is 0 Å². The molecule has 4 heterocycles. The van der Waals surface area contributed by atoms with Crippen molar-refractivity contribution in [2.45, 2.75) is 38.6 Å². The topological polar surface area (TPSA) is 46.4 Å². The van der Waals surface area contributed by atoms with Gasteiger partial charge in [0.15, 0.2) is 5.75 Å². The van der Waals surface area contributed by atoms with Crippen LogP contribution < -0.4 is 4.74 Å². The molecule has 0 amide bonds. The number of ether oxygens (including phenoxy) is 1. The highest BCUT2D eigenvalue weighted by atomic mass is 16.5. The Kier molecular flexibility index (Phi) is 5.14. The van der Waals surface area contributed by atoms with Crippen LogP contribution in [0.5, 0.6) is 5.75 Å². The monoisotopic (exact) mass is 357 g/mol. The molecule has 2 saturated heterocycles. The first kappa shape index (κ1) is 17.7. The summed E-state index contributed by atoms with van der Waals surface area (Å²) in [7, 11) is 3.96. The molecule has 0 N–H and O–H groups in total. The second kappa shape index (κ2) is 7.53. The molecular weight excluding hydrogens is 326 g/mol. The van der Waals surface area contributed by atoms with Crippen molar-refractivity contribution in [2.75, 3.05) is 46.9 Å². The lowest BCUT2D eigenvalue weighted by molar-refractivity contribution is 0.129. The van der Waals surface area contributed by atoms with Crippen LogP contribution in [0.1, 0.15) is 37.3 Å². The largest absolute Gasteiger partial charge is 0.493 e. The number of hydrogen-bond donors (Lipinski definition) is 0. The number of aromatic nitrogens is 3. The van der Waals surface area contributed by atoms with Gasteiger partial charge in [0.25, 0.3) is 0 Å². The van der Waals surface area contributed by atoms with Crippen LogP contribution in [0.25, 0.3) is 11.0 Å². The molecule has 0 aromatic carbocycles. The smallest absolute Gasteiger partial charge is 0.164 e. The van der Waals surface area contributed by atoms with Gasteiger partial charge in [-0.05, 0) is 64.2 Å². The maximum absolute atomic E-state index is 5.56. The summed E-state index contributed by atoms with van der Waals surface area (Å²) in [6.45, 7) is 8.29. The molecule has 0 atom stereocenters. The molecule has 0 saturated carbocycles. The van der Waals surface area contributed by atoms with Crippen LogP contribution in [-0.4, -0.2) is 71.4 Å². The van der Waals surface area contributed by atoms with Gasteiger partial charge in [-0.2, -0.15) is 5.10 Å². The molecule has 0 aliphatic carbocycles. The quantitative estimate of drug-likeness (QED) is 0.842. The van der Waals surface area contributed by atoms with Crippen LogP contribution in [0.4, 0.5) is 0 Å². The fraction of sp³-hybridized carbons (Fsp3) is 0.700. The number of piperidine rings is 2. The standard InChI is InChI=1S/C20H31N5O/c1-15-13-25(20-18(26-3)12-21-22-19(15)20)17-6-10-24(11-7-17)14-16-4-8-23(2)9-5-16/h12-13,16-17H,4-11,14H2,1-3H3. The molecule has 2 aliphatic heterocycles. The Bertz CT molecular complexity index is 742. The first-order valence-electron chi connectivity index (χ1n) is 9.93. The summed E-state index contributed by atoms with van der Waals surface area (Å²) in [6, 6.07) is 0.526. The van der Waals surface area contributed by atoms with Gasteiger partial charge < -0.3 is 19.1 Å². The highest BCUT2D eigenvalue weighted by Gasteiger charge is 2.26. The van der Waals surface area contributed by atoms with Crippen molar-refractivity contribution in [3.8, 4) is 5.75 Å². The number of rotatable bonds is 4. The summed E-state index contributed by atoms with van der Waals surface area (Å²) in [5, 5.41) is 8.42. The van der Waals surface area contributed by atoms with Crippen LogP contribution in [-0.2, 0) is 0 Å². The van der Waals surface area contributed by atoms with E-state index < -0.39 is 0 Å². The average molecular weight is 358 g/mol. The van der Waals surface area contributed by atoms with Gasteiger partial charge in [0, 0.05) is 31.9 Å². The molecule has 2 aliphatic rings. The Morgan fingerprint density at radius 3 is 2.54 bits per heavy atom. The molecule has 0 unspecified atom stereocenters. The summed E-state index contributed by atoms with van der Waals surface area (Å²) in [5.74, 6) is 1.71. The number of aryl methyl sites for hydroxylation is 1. The van der Waals surface area contributed by atoms with Gasteiger partial charge in [-0.15, -0.1) is 5.10 Å². The summed E-state index contributed by atoms with van der Waals surface area (Å²) in [4.78, 5) is 5.14. The van der Waals surface area contributed by atoms with Crippen molar-refractivity contribution in [3.63, 3.8) is 0 Å². The van der Waals surface area contributed by atoms with Gasteiger partial charge in [-0.1, -0.05) is 0 Å². The van der Waals surface area contributed by atoms with Gasteiger partial charge >= 0.3 is 0 Å². The molecule has 6 heteroatoms. The predicted octanol–water partition coefficient (Wildman–Crippen LogP) is 2.73. The van der Waals surface area contributed by atoms with Gasteiger partial charge in [-0.25, -0.2) is 0 Å². The maximum Gasteiger partial charge on any atom is 0.164 e. The minimum Gasteiger partial charge on any atom is -0.493 e. The Labute approximate surface area is 156 Å². The average Bonchev–Trinajstić information content (AvgIpc) is 3.01. The number of hydrogen-bond acceptors (Lipinski definition) is 5. The highest BCUT2D eigenvalue weighted by molar-refractivity contribution is 5.84. The molecular formula is C20H31N5O. The third-order valence-electron chi connectivity index (χ3n) is 6.28. The molecule has 4 rings (SSSR count). The van der Waals surface area contributed by atoms with Crippen LogP contribution in [0.15, 0.2) is 12.4 Å². The van der Waals surface area contributed by atoms with Gasteiger partial charge in [0.1, 0.15) is 11.0 Å². The first-order chi connectivity index (χ1) is 12.7. The third-order valence-corrected chi connectivity index (χ3v) is 6.28. The molecule has 26 heavy (non-hydrogen) atoms. The molecule has 6 nitrogen and oxygen atoms in total. The molecule has 2 aromatic heterocycles. The van der Waals surface area contributed by atoms with Crippen molar-refractivity contribution in [1.82, 2.24) is 24.6 Å². The molecule has 0 radical (unpaired) electrons. The fourth-order valence-corrected chi connectivity index (χ4v) is 4.64. The second-order valence-corrected chi connectivity index (χ2v) is 8.11. The van der Waals surface area contributed by atoms with E-state index in [9.17, 15) is 0 Å². The number of nitrogens with zero attached hydrogens (tertiary/aromatic N) is 5. The van der Waals surface area contributed by atoms with E-state index in [1.54, 1.807) is 13.3 Å². The Morgan fingerprint density at radius 1 is 1.12 bits per heavy atom. The lowest BCUT2D eigenvalue weighted by Gasteiger charge is -2.37. The maximum atomic E-state index is 5.56. The van der Waals surface area contributed by atoms with E-state index in [2.05, 4.69) is 44.7 Å². The Balaban J connectivity index is 1.43. The van der Waals surface area contributed by atoms with E-state index in [1.165, 1.54) is 64.0 Å². The zero-order chi connectivity index (χ0) is 18.1. The van der Waals surface area contributed by atoms with E-state index in [4.69, 9.17) is 4.74 Å². The van der Waals surface area contributed by atoms with Crippen LogP contribution in [0.3, 0.4) is 0 Å². The first-order valence-corrected chi connectivity index (χ1v) is 9.93. The molecule has 2 fully saturated rings. The van der Waals surface area contributed by atoms with Crippen LogP contribution >= 0.6 is 0 Å². The third kappa shape index (κ3) is 3.45. The molecule has 142 valence electrons. The second-order valence-electron chi connectivity index (χ2n) is 8.11. The summed E-state index contributed by atoms with van der Waals surface area (Å²) >= 11 is 0. The molecule has 2 aromatic rings. The van der Waals surface area contributed by atoms with Gasteiger partial charge in [0.05, 0.1) is 13.3 Å². The SMILES string of the molecule is COc1cnnc2c(C)cn(C3CCN(CC4CCN(C)CC4)CC3)c12. The van der Waals surface area contributed by atoms with Gasteiger partial charge in [0.2, 0.25) is 0 Å². The van der Waals surface area contributed by atoms with Gasteiger partial charge in [-0.3, -0.25) is 0 Å². The van der Waals surface area contributed by atoms with E-state index in [0.29, 0.717) is 6.04 Å². The number of methoxy groups -OCH3 is 1. The lowest BCUT2D eigenvalue weighted by Crippen LogP contribution is -2.40. The normalized spacial score (nSPS) is 21.5. The van der Waals surface area contributed by atoms with Crippen molar-refractivity contribution < 1.29 is 4.74 Å². The fourth-order valence-electron chi connectivity index (χ4n) is 4.64. The zero-order valence-corrected chi connectivity index (χ0v) is 16.3. The molecule has 0 spiro atoms. The summed E-state index contributed by atoms with van der Waals surface area (Å²) < 4.78 is 7.96.